The molecular weight excluding hydrogens is 257 g/mol. The number of thioether (sulfide) groups is 1. The standard InChI is InChI=1S/C16H24FNS/c1-11-3-4-13(9-12(11)2)16(18)10-19-15-7-5-14(17)6-8-15/h5-8,11-13,16H,3-4,9-10,18H2,1-2H3. The fraction of sp³-hybridized carbons (Fsp3) is 0.625. The van der Waals surface area contributed by atoms with E-state index < -0.39 is 0 Å². The van der Waals surface area contributed by atoms with Crippen LogP contribution in [-0.2, 0) is 0 Å². The first-order valence-corrected chi connectivity index (χ1v) is 8.18. The highest BCUT2D eigenvalue weighted by atomic mass is 32.2. The van der Waals surface area contributed by atoms with Crippen LogP contribution in [0.5, 0.6) is 0 Å². The minimum absolute atomic E-state index is 0.177. The fourth-order valence-electron chi connectivity index (χ4n) is 2.84. The van der Waals surface area contributed by atoms with Gasteiger partial charge in [0.25, 0.3) is 0 Å². The molecule has 1 fully saturated rings. The van der Waals surface area contributed by atoms with Gasteiger partial charge in [-0.15, -0.1) is 11.8 Å². The van der Waals surface area contributed by atoms with Crippen LogP contribution in [0.3, 0.4) is 0 Å². The summed E-state index contributed by atoms with van der Waals surface area (Å²) in [5, 5.41) is 0. The maximum absolute atomic E-state index is 12.8. The minimum atomic E-state index is -0.177. The van der Waals surface area contributed by atoms with Crippen molar-refractivity contribution in [2.24, 2.45) is 23.5 Å². The Kier molecular flexibility index (Phi) is 5.28. The summed E-state index contributed by atoms with van der Waals surface area (Å²) in [5.41, 5.74) is 6.34. The highest BCUT2D eigenvalue weighted by Crippen LogP contribution is 2.35. The van der Waals surface area contributed by atoms with E-state index in [9.17, 15) is 4.39 Å². The van der Waals surface area contributed by atoms with E-state index in [0.29, 0.717) is 5.92 Å². The summed E-state index contributed by atoms with van der Waals surface area (Å²) < 4.78 is 12.8. The second-order valence-corrected chi connectivity index (χ2v) is 7.05. The average Bonchev–Trinajstić information content (AvgIpc) is 2.41. The van der Waals surface area contributed by atoms with Gasteiger partial charge in [0.15, 0.2) is 0 Å². The van der Waals surface area contributed by atoms with E-state index in [1.165, 1.54) is 31.4 Å². The Hall–Kier alpha value is -0.540. The second kappa shape index (κ2) is 6.76. The Labute approximate surface area is 120 Å². The summed E-state index contributed by atoms with van der Waals surface area (Å²) in [6, 6.07) is 6.94. The second-order valence-electron chi connectivity index (χ2n) is 5.96. The Balaban J connectivity index is 1.81. The molecule has 0 aromatic heterocycles. The minimum Gasteiger partial charge on any atom is -0.327 e. The number of nitrogens with two attached hydrogens (primary N) is 1. The molecule has 0 saturated heterocycles. The van der Waals surface area contributed by atoms with E-state index in [1.54, 1.807) is 11.8 Å². The first-order chi connectivity index (χ1) is 9.06. The molecule has 1 aliphatic carbocycles. The third kappa shape index (κ3) is 4.22. The fourth-order valence-corrected chi connectivity index (χ4v) is 3.82. The third-order valence-corrected chi connectivity index (χ3v) is 5.66. The Morgan fingerprint density at radius 3 is 2.53 bits per heavy atom. The lowest BCUT2D eigenvalue weighted by Crippen LogP contribution is -2.37. The molecule has 1 nitrogen and oxygen atoms in total. The molecule has 1 aliphatic rings. The average molecular weight is 281 g/mol. The van der Waals surface area contributed by atoms with Gasteiger partial charge in [-0.1, -0.05) is 20.3 Å². The Bertz CT molecular complexity index is 392. The molecule has 0 amide bonds. The van der Waals surface area contributed by atoms with Gasteiger partial charge in [-0.05, 0) is 54.9 Å². The van der Waals surface area contributed by atoms with Crippen LogP contribution in [0.1, 0.15) is 33.1 Å². The van der Waals surface area contributed by atoms with E-state index in [2.05, 4.69) is 13.8 Å². The molecule has 1 saturated carbocycles. The first-order valence-electron chi connectivity index (χ1n) is 7.20. The van der Waals surface area contributed by atoms with Gasteiger partial charge < -0.3 is 5.73 Å². The van der Waals surface area contributed by atoms with E-state index in [1.807, 2.05) is 12.1 Å². The lowest BCUT2D eigenvalue weighted by Gasteiger charge is -2.35. The van der Waals surface area contributed by atoms with Crippen LogP contribution >= 0.6 is 11.8 Å². The molecule has 1 aromatic rings. The molecule has 2 N–H and O–H groups in total. The molecule has 1 aromatic carbocycles. The summed E-state index contributed by atoms with van der Waals surface area (Å²) >= 11 is 1.74. The van der Waals surface area contributed by atoms with Crippen molar-refractivity contribution in [1.29, 1.82) is 0 Å². The van der Waals surface area contributed by atoms with Crippen LogP contribution in [0.15, 0.2) is 29.2 Å². The number of benzene rings is 1. The van der Waals surface area contributed by atoms with E-state index in [0.717, 1.165) is 22.5 Å². The Morgan fingerprint density at radius 1 is 1.21 bits per heavy atom. The van der Waals surface area contributed by atoms with E-state index in [-0.39, 0.29) is 11.9 Å². The molecule has 106 valence electrons. The summed E-state index contributed by atoms with van der Waals surface area (Å²) in [6.07, 6.45) is 3.82. The predicted molar refractivity (Wildman–Crippen MR) is 80.8 cm³/mol. The zero-order valence-electron chi connectivity index (χ0n) is 11.8. The maximum atomic E-state index is 12.8. The van der Waals surface area contributed by atoms with Crippen molar-refractivity contribution in [3.05, 3.63) is 30.1 Å². The van der Waals surface area contributed by atoms with Crippen LogP contribution in [0, 0.1) is 23.6 Å². The van der Waals surface area contributed by atoms with Crippen molar-refractivity contribution >= 4 is 11.8 Å². The van der Waals surface area contributed by atoms with Crippen LogP contribution < -0.4 is 5.73 Å². The molecule has 4 atom stereocenters. The molecule has 2 rings (SSSR count). The van der Waals surface area contributed by atoms with Crippen LogP contribution in [0.2, 0.25) is 0 Å². The smallest absolute Gasteiger partial charge is 0.123 e. The lowest BCUT2D eigenvalue weighted by molar-refractivity contribution is 0.192. The van der Waals surface area contributed by atoms with Crippen LogP contribution in [0.4, 0.5) is 4.39 Å². The van der Waals surface area contributed by atoms with Crippen LogP contribution in [-0.4, -0.2) is 11.8 Å². The maximum Gasteiger partial charge on any atom is 0.123 e. The van der Waals surface area contributed by atoms with Gasteiger partial charge in [-0.2, -0.15) is 0 Å². The molecule has 0 spiro atoms. The van der Waals surface area contributed by atoms with E-state index >= 15 is 0 Å². The van der Waals surface area contributed by atoms with Gasteiger partial charge in [-0.3, -0.25) is 0 Å². The third-order valence-electron chi connectivity index (χ3n) is 4.50. The summed E-state index contributed by atoms with van der Waals surface area (Å²) in [7, 11) is 0. The molecule has 0 aliphatic heterocycles. The zero-order valence-corrected chi connectivity index (χ0v) is 12.6. The summed E-state index contributed by atoms with van der Waals surface area (Å²) in [6.45, 7) is 4.69. The normalized spacial score (nSPS) is 29.2. The molecule has 0 bridgehead atoms. The summed E-state index contributed by atoms with van der Waals surface area (Å²) in [5.74, 6) is 3.04. The quantitative estimate of drug-likeness (QED) is 0.832. The monoisotopic (exact) mass is 281 g/mol. The van der Waals surface area contributed by atoms with E-state index in [4.69, 9.17) is 5.73 Å². The van der Waals surface area contributed by atoms with Gasteiger partial charge in [-0.25, -0.2) is 4.39 Å². The highest BCUT2D eigenvalue weighted by molar-refractivity contribution is 7.99. The lowest BCUT2D eigenvalue weighted by atomic mass is 9.74. The van der Waals surface area contributed by atoms with Gasteiger partial charge in [0.05, 0.1) is 0 Å². The van der Waals surface area contributed by atoms with Gasteiger partial charge in [0.2, 0.25) is 0 Å². The molecular formula is C16H24FNS. The predicted octanol–water partition coefficient (Wildman–Crippen LogP) is 4.32. The van der Waals surface area contributed by atoms with Crippen LogP contribution in [0.25, 0.3) is 0 Å². The van der Waals surface area contributed by atoms with Crippen molar-refractivity contribution in [1.82, 2.24) is 0 Å². The van der Waals surface area contributed by atoms with Gasteiger partial charge >= 0.3 is 0 Å². The molecule has 0 radical (unpaired) electrons. The molecule has 0 heterocycles. The largest absolute Gasteiger partial charge is 0.327 e. The number of hydrogen-bond acceptors (Lipinski definition) is 2. The first kappa shape index (κ1) is 14.9. The van der Waals surface area contributed by atoms with Gasteiger partial charge in [0.1, 0.15) is 5.82 Å². The molecule has 4 unspecified atom stereocenters. The van der Waals surface area contributed by atoms with Crippen molar-refractivity contribution in [3.8, 4) is 0 Å². The zero-order chi connectivity index (χ0) is 13.8. The summed E-state index contributed by atoms with van der Waals surface area (Å²) in [4.78, 5) is 1.11. The van der Waals surface area contributed by atoms with Gasteiger partial charge in [0, 0.05) is 16.7 Å². The number of hydrogen-bond donors (Lipinski definition) is 1. The van der Waals surface area contributed by atoms with Crippen molar-refractivity contribution in [3.63, 3.8) is 0 Å². The highest BCUT2D eigenvalue weighted by Gasteiger charge is 2.28. The topological polar surface area (TPSA) is 26.0 Å². The molecule has 3 heteroatoms. The number of rotatable bonds is 4. The Morgan fingerprint density at radius 2 is 1.89 bits per heavy atom. The molecule has 19 heavy (non-hydrogen) atoms. The van der Waals surface area contributed by atoms with Crippen molar-refractivity contribution in [2.75, 3.05) is 5.75 Å². The van der Waals surface area contributed by atoms with Crippen molar-refractivity contribution in [2.45, 2.75) is 44.0 Å². The van der Waals surface area contributed by atoms with Crippen molar-refractivity contribution < 1.29 is 4.39 Å². The number of halogens is 1. The SMILES string of the molecule is CC1CCC(C(N)CSc2ccc(F)cc2)CC1C.